The molecule has 0 aliphatic rings. The third-order valence-corrected chi connectivity index (χ3v) is 2.87. The summed E-state index contributed by atoms with van der Waals surface area (Å²) < 4.78 is 0. The Morgan fingerprint density at radius 3 is 2.38 bits per heavy atom. The van der Waals surface area contributed by atoms with Crippen LogP contribution in [0.15, 0.2) is 41.5 Å². The van der Waals surface area contributed by atoms with E-state index >= 15 is 0 Å². The maximum absolute atomic E-state index is 10.9. The third kappa shape index (κ3) is 3.89. The zero-order valence-corrected chi connectivity index (χ0v) is 9.99. The molecule has 0 fully saturated rings. The second-order valence-corrected chi connectivity index (χ2v) is 4.11. The van der Waals surface area contributed by atoms with E-state index in [1.54, 1.807) is 6.92 Å². The van der Waals surface area contributed by atoms with E-state index in [4.69, 9.17) is 5.73 Å². The van der Waals surface area contributed by atoms with E-state index in [0.29, 0.717) is 5.57 Å². The predicted octanol–water partition coefficient (Wildman–Crippen LogP) is 2.83. The SMILES string of the molecule is C/C(CCCc1ccccc1)=C(/C)C(N)=O. The summed E-state index contributed by atoms with van der Waals surface area (Å²) in [4.78, 5) is 10.9. The molecule has 0 bridgehead atoms. The summed E-state index contributed by atoms with van der Waals surface area (Å²) >= 11 is 0. The number of carbonyl (C=O) groups excluding carboxylic acids is 1. The molecule has 0 heterocycles. The lowest BCUT2D eigenvalue weighted by Crippen LogP contribution is -2.13. The van der Waals surface area contributed by atoms with Gasteiger partial charge in [-0.15, -0.1) is 0 Å². The number of hydrogen-bond donors (Lipinski definition) is 1. The van der Waals surface area contributed by atoms with Crippen LogP contribution in [-0.4, -0.2) is 5.91 Å². The van der Waals surface area contributed by atoms with E-state index < -0.39 is 0 Å². The van der Waals surface area contributed by atoms with Gasteiger partial charge in [-0.3, -0.25) is 4.79 Å². The molecule has 2 N–H and O–H groups in total. The Balaban J connectivity index is 2.42. The van der Waals surface area contributed by atoms with Crippen LogP contribution in [0.2, 0.25) is 0 Å². The normalized spacial score (nSPS) is 12.1. The number of aryl methyl sites for hydroxylation is 1. The Kier molecular flexibility index (Phi) is 4.77. The van der Waals surface area contributed by atoms with Crippen LogP contribution < -0.4 is 5.73 Å². The Hall–Kier alpha value is -1.57. The van der Waals surface area contributed by atoms with Crippen molar-refractivity contribution in [1.82, 2.24) is 0 Å². The topological polar surface area (TPSA) is 43.1 Å². The molecule has 0 spiro atoms. The molecule has 0 atom stereocenters. The lowest BCUT2D eigenvalue weighted by Gasteiger charge is -2.05. The summed E-state index contributed by atoms with van der Waals surface area (Å²) in [7, 11) is 0. The summed E-state index contributed by atoms with van der Waals surface area (Å²) in [6, 6.07) is 10.4. The van der Waals surface area contributed by atoms with Gasteiger partial charge in [0.1, 0.15) is 0 Å². The van der Waals surface area contributed by atoms with E-state index in [2.05, 4.69) is 12.1 Å². The molecule has 1 aromatic rings. The summed E-state index contributed by atoms with van der Waals surface area (Å²) in [5.74, 6) is -0.308. The van der Waals surface area contributed by atoms with E-state index in [9.17, 15) is 4.79 Å². The van der Waals surface area contributed by atoms with Crippen molar-refractivity contribution in [3.8, 4) is 0 Å². The van der Waals surface area contributed by atoms with E-state index in [0.717, 1.165) is 24.8 Å². The minimum absolute atomic E-state index is 0.308. The van der Waals surface area contributed by atoms with Gasteiger partial charge in [0, 0.05) is 5.57 Å². The fraction of sp³-hybridized carbons (Fsp3) is 0.357. The maximum atomic E-state index is 10.9. The Morgan fingerprint density at radius 2 is 1.81 bits per heavy atom. The molecule has 1 rings (SSSR count). The first-order valence-corrected chi connectivity index (χ1v) is 5.61. The van der Waals surface area contributed by atoms with Gasteiger partial charge >= 0.3 is 0 Å². The summed E-state index contributed by atoms with van der Waals surface area (Å²) in [5.41, 5.74) is 8.37. The van der Waals surface area contributed by atoms with Crippen LogP contribution in [-0.2, 0) is 11.2 Å². The van der Waals surface area contributed by atoms with Crippen molar-refractivity contribution in [1.29, 1.82) is 0 Å². The highest BCUT2D eigenvalue weighted by Gasteiger charge is 2.02. The van der Waals surface area contributed by atoms with Crippen LogP contribution in [0.3, 0.4) is 0 Å². The zero-order chi connectivity index (χ0) is 12.0. The van der Waals surface area contributed by atoms with Crippen molar-refractivity contribution in [3.05, 3.63) is 47.0 Å². The van der Waals surface area contributed by atoms with Crippen molar-refractivity contribution < 1.29 is 4.79 Å². The first-order chi connectivity index (χ1) is 7.61. The monoisotopic (exact) mass is 217 g/mol. The van der Waals surface area contributed by atoms with E-state index in [-0.39, 0.29) is 5.91 Å². The number of allylic oxidation sites excluding steroid dienone is 1. The van der Waals surface area contributed by atoms with Gasteiger partial charge < -0.3 is 5.73 Å². The molecule has 0 aliphatic heterocycles. The summed E-state index contributed by atoms with van der Waals surface area (Å²) in [5, 5.41) is 0. The van der Waals surface area contributed by atoms with Gasteiger partial charge in [0.25, 0.3) is 0 Å². The first-order valence-electron chi connectivity index (χ1n) is 5.61. The lowest BCUT2D eigenvalue weighted by molar-refractivity contribution is -0.114. The van der Waals surface area contributed by atoms with E-state index in [1.165, 1.54) is 5.56 Å². The number of primary amides is 1. The largest absolute Gasteiger partial charge is 0.366 e. The van der Waals surface area contributed by atoms with Gasteiger partial charge in [-0.1, -0.05) is 35.9 Å². The second-order valence-electron chi connectivity index (χ2n) is 4.11. The highest BCUT2D eigenvalue weighted by molar-refractivity contribution is 5.91. The van der Waals surface area contributed by atoms with Crippen LogP contribution in [0.25, 0.3) is 0 Å². The molecule has 2 heteroatoms. The molecule has 0 aliphatic carbocycles. The standard InChI is InChI=1S/C14H19NO/c1-11(12(2)14(15)16)7-6-10-13-8-4-3-5-9-13/h3-5,8-9H,6-7,10H2,1-2H3,(H2,15,16)/b12-11+. The number of benzene rings is 1. The quantitative estimate of drug-likeness (QED) is 0.757. The molecule has 0 radical (unpaired) electrons. The van der Waals surface area contributed by atoms with Crippen LogP contribution >= 0.6 is 0 Å². The molecule has 0 aromatic heterocycles. The van der Waals surface area contributed by atoms with Crippen LogP contribution in [0.5, 0.6) is 0 Å². The molecule has 0 unspecified atom stereocenters. The van der Waals surface area contributed by atoms with E-state index in [1.807, 2.05) is 25.1 Å². The highest BCUT2D eigenvalue weighted by atomic mass is 16.1. The fourth-order valence-electron chi connectivity index (χ4n) is 1.60. The first kappa shape index (κ1) is 12.5. The number of rotatable bonds is 5. The molecule has 86 valence electrons. The average molecular weight is 217 g/mol. The number of carbonyl (C=O) groups is 1. The molecule has 2 nitrogen and oxygen atoms in total. The van der Waals surface area contributed by atoms with Gasteiger partial charge in [-0.25, -0.2) is 0 Å². The van der Waals surface area contributed by atoms with Gasteiger partial charge in [0.15, 0.2) is 0 Å². The zero-order valence-electron chi connectivity index (χ0n) is 9.99. The number of nitrogens with two attached hydrogens (primary N) is 1. The molecule has 0 saturated heterocycles. The van der Waals surface area contributed by atoms with Crippen LogP contribution in [0, 0.1) is 0 Å². The Labute approximate surface area is 97.2 Å². The minimum Gasteiger partial charge on any atom is -0.366 e. The molecular formula is C14H19NO. The van der Waals surface area contributed by atoms with Gasteiger partial charge in [0.2, 0.25) is 5.91 Å². The molecular weight excluding hydrogens is 198 g/mol. The summed E-state index contributed by atoms with van der Waals surface area (Å²) in [6.45, 7) is 3.77. The smallest absolute Gasteiger partial charge is 0.244 e. The number of amides is 1. The predicted molar refractivity (Wildman–Crippen MR) is 66.9 cm³/mol. The van der Waals surface area contributed by atoms with Crippen molar-refractivity contribution >= 4 is 5.91 Å². The maximum Gasteiger partial charge on any atom is 0.244 e. The third-order valence-electron chi connectivity index (χ3n) is 2.87. The molecule has 1 aromatic carbocycles. The lowest BCUT2D eigenvalue weighted by atomic mass is 10.0. The average Bonchev–Trinajstić information content (AvgIpc) is 2.29. The van der Waals surface area contributed by atoms with Crippen molar-refractivity contribution in [2.24, 2.45) is 5.73 Å². The molecule has 0 saturated carbocycles. The summed E-state index contributed by atoms with van der Waals surface area (Å²) in [6.07, 6.45) is 3.04. The highest BCUT2D eigenvalue weighted by Crippen LogP contribution is 2.13. The van der Waals surface area contributed by atoms with Gasteiger partial charge in [-0.2, -0.15) is 0 Å². The Morgan fingerprint density at radius 1 is 1.19 bits per heavy atom. The van der Waals surface area contributed by atoms with Crippen LogP contribution in [0.4, 0.5) is 0 Å². The molecule has 1 amide bonds. The molecule has 16 heavy (non-hydrogen) atoms. The van der Waals surface area contributed by atoms with Gasteiger partial charge in [-0.05, 0) is 38.7 Å². The minimum atomic E-state index is -0.308. The van der Waals surface area contributed by atoms with Crippen molar-refractivity contribution in [2.75, 3.05) is 0 Å². The van der Waals surface area contributed by atoms with Crippen molar-refractivity contribution in [2.45, 2.75) is 33.1 Å². The number of hydrogen-bond acceptors (Lipinski definition) is 1. The van der Waals surface area contributed by atoms with Crippen LogP contribution in [0.1, 0.15) is 32.3 Å². The second kappa shape index (κ2) is 6.11. The Bertz CT molecular complexity index is 379. The van der Waals surface area contributed by atoms with Gasteiger partial charge in [0.05, 0.1) is 0 Å². The van der Waals surface area contributed by atoms with Crippen molar-refractivity contribution in [3.63, 3.8) is 0 Å². The fourth-order valence-corrected chi connectivity index (χ4v) is 1.60.